The SMILES string of the molecule is Fc1ccc(CN2C[C@H](OCc3ccncc3)[C@H]3OCCC[C@H]32)cc1.O=C(O)C(F)(F)F.O=C(O)C(F)(F)F. The number of hydrogen-bond acceptors (Lipinski definition) is 6. The van der Waals surface area contributed by atoms with Gasteiger partial charge in [0.2, 0.25) is 0 Å². The molecule has 2 saturated heterocycles. The number of nitrogens with zero attached hydrogens (tertiary/aromatic N) is 2. The summed E-state index contributed by atoms with van der Waals surface area (Å²) < 4.78 is 88.8. The van der Waals surface area contributed by atoms with Crippen LogP contribution in [0.25, 0.3) is 0 Å². The topological polar surface area (TPSA) is 109 Å². The van der Waals surface area contributed by atoms with Crippen molar-refractivity contribution in [3.05, 3.63) is 65.7 Å². The number of hydrogen-bond donors (Lipinski definition) is 2. The lowest BCUT2D eigenvalue weighted by molar-refractivity contribution is -0.193. The predicted octanol–water partition coefficient (Wildman–Crippen LogP) is 4.44. The Morgan fingerprint density at radius 2 is 1.49 bits per heavy atom. The van der Waals surface area contributed by atoms with Gasteiger partial charge in [-0.25, -0.2) is 14.0 Å². The Bertz CT molecular complexity index is 1030. The number of aromatic nitrogens is 1. The van der Waals surface area contributed by atoms with E-state index in [1.165, 1.54) is 12.1 Å². The number of alkyl halides is 6. The number of carbonyl (C=O) groups is 2. The second-order valence-corrected chi connectivity index (χ2v) is 8.41. The van der Waals surface area contributed by atoms with Crippen molar-refractivity contribution in [2.45, 2.75) is 56.6 Å². The molecule has 0 radical (unpaired) electrons. The fraction of sp³-hybridized carbons (Fsp3) is 0.458. The summed E-state index contributed by atoms with van der Waals surface area (Å²) in [6.07, 6.45) is -4.20. The zero-order valence-electron chi connectivity index (χ0n) is 20.2. The van der Waals surface area contributed by atoms with Crippen LogP contribution >= 0.6 is 0 Å². The van der Waals surface area contributed by atoms with E-state index in [2.05, 4.69) is 9.88 Å². The lowest BCUT2D eigenvalue weighted by atomic mass is 10.0. The Labute approximate surface area is 218 Å². The molecule has 0 bridgehead atoms. The molecule has 8 nitrogen and oxygen atoms in total. The Balaban J connectivity index is 0.000000317. The lowest BCUT2D eigenvalue weighted by Gasteiger charge is -2.32. The number of benzene rings is 1. The van der Waals surface area contributed by atoms with Crippen molar-refractivity contribution in [3.8, 4) is 0 Å². The van der Waals surface area contributed by atoms with Crippen LogP contribution in [0.2, 0.25) is 0 Å². The van der Waals surface area contributed by atoms with E-state index in [0.29, 0.717) is 12.6 Å². The summed E-state index contributed by atoms with van der Waals surface area (Å²) in [6.45, 7) is 3.03. The van der Waals surface area contributed by atoms with E-state index in [9.17, 15) is 30.7 Å². The molecule has 2 fully saturated rings. The van der Waals surface area contributed by atoms with E-state index in [4.69, 9.17) is 29.3 Å². The molecule has 15 heteroatoms. The summed E-state index contributed by atoms with van der Waals surface area (Å²) in [5.74, 6) is -5.71. The molecule has 0 saturated carbocycles. The second kappa shape index (κ2) is 14.2. The van der Waals surface area contributed by atoms with Crippen LogP contribution in [0.3, 0.4) is 0 Å². The van der Waals surface area contributed by atoms with Crippen molar-refractivity contribution >= 4 is 11.9 Å². The quantitative estimate of drug-likeness (QED) is 0.509. The number of ether oxygens (including phenoxy) is 2. The van der Waals surface area contributed by atoms with Crippen LogP contribution in [0.5, 0.6) is 0 Å². The highest BCUT2D eigenvalue weighted by atomic mass is 19.4. The molecule has 0 spiro atoms. The molecular formula is C24H25F7N2O6. The Hall–Kier alpha value is -3.30. The standard InChI is InChI=1S/C20H23FN2O2.2C2HF3O2/c21-17-5-3-15(4-6-17)12-23-13-19(20-18(23)2-1-11-24-20)25-14-16-7-9-22-10-8-16;2*3-2(4,5)1(6)7/h3-10,18-20H,1-2,11-14H2;2*(H,6,7)/t18-,19+,20+;;/m1../s1. The van der Waals surface area contributed by atoms with Crippen molar-refractivity contribution in [2.24, 2.45) is 0 Å². The highest BCUT2D eigenvalue weighted by Gasteiger charge is 2.44. The molecule has 2 aromatic rings. The summed E-state index contributed by atoms with van der Waals surface area (Å²) in [5.41, 5.74) is 2.25. The van der Waals surface area contributed by atoms with Gasteiger partial charge in [-0.15, -0.1) is 0 Å². The fourth-order valence-electron chi connectivity index (χ4n) is 3.84. The summed E-state index contributed by atoms with van der Waals surface area (Å²) >= 11 is 0. The van der Waals surface area contributed by atoms with E-state index >= 15 is 0 Å². The average molecular weight is 570 g/mol. The van der Waals surface area contributed by atoms with Gasteiger partial charge in [0.25, 0.3) is 0 Å². The number of carboxylic acids is 2. The van der Waals surface area contributed by atoms with Gasteiger partial charge in [-0.1, -0.05) is 12.1 Å². The van der Waals surface area contributed by atoms with E-state index in [0.717, 1.165) is 43.7 Å². The summed E-state index contributed by atoms with van der Waals surface area (Å²) in [5, 5.41) is 14.2. The Morgan fingerprint density at radius 1 is 0.949 bits per heavy atom. The van der Waals surface area contributed by atoms with Crippen molar-refractivity contribution < 1.29 is 60.0 Å². The molecule has 1 aromatic heterocycles. The van der Waals surface area contributed by atoms with Gasteiger partial charge in [0.15, 0.2) is 0 Å². The molecule has 39 heavy (non-hydrogen) atoms. The first kappa shape index (κ1) is 31.9. The van der Waals surface area contributed by atoms with Crippen LogP contribution in [0.15, 0.2) is 48.8 Å². The monoisotopic (exact) mass is 570 g/mol. The third-order valence-corrected chi connectivity index (χ3v) is 5.58. The van der Waals surface area contributed by atoms with Crippen LogP contribution in [-0.2, 0) is 32.2 Å². The largest absolute Gasteiger partial charge is 0.490 e. The first-order valence-corrected chi connectivity index (χ1v) is 11.4. The second-order valence-electron chi connectivity index (χ2n) is 8.41. The smallest absolute Gasteiger partial charge is 0.475 e. The van der Waals surface area contributed by atoms with Gasteiger partial charge >= 0.3 is 24.3 Å². The van der Waals surface area contributed by atoms with Crippen molar-refractivity contribution in [2.75, 3.05) is 13.2 Å². The van der Waals surface area contributed by atoms with Crippen molar-refractivity contribution in [3.63, 3.8) is 0 Å². The Kier molecular flexibility index (Phi) is 11.6. The highest BCUT2D eigenvalue weighted by molar-refractivity contribution is 5.73. The Morgan fingerprint density at radius 3 is 2.00 bits per heavy atom. The number of aliphatic carboxylic acids is 2. The first-order chi connectivity index (χ1) is 18.2. The van der Waals surface area contributed by atoms with E-state index < -0.39 is 24.3 Å². The number of carboxylic acid groups (broad SMARTS) is 2. The zero-order chi connectivity index (χ0) is 29.2. The minimum absolute atomic E-state index is 0.0684. The minimum atomic E-state index is -5.08. The van der Waals surface area contributed by atoms with Gasteiger partial charge < -0.3 is 19.7 Å². The minimum Gasteiger partial charge on any atom is -0.475 e. The van der Waals surface area contributed by atoms with Gasteiger partial charge in [0, 0.05) is 38.1 Å². The van der Waals surface area contributed by atoms with Crippen LogP contribution in [-0.4, -0.2) is 75.8 Å². The lowest BCUT2D eigenvalue weighted by Crippen LogP contribution is -2.41. The van der Waals surface area contributed by atoms with Crippen LogP contribution in [0.1, 0.15) is 24.0 Å². The molecule has 1 aromatic carbocycles. The molecule has 3 heterocycles. The maximum atomic E-state index is 13.1. The maximum Gasteiger partial charge on any atom is 0.490 e. The first-order valence-electron chi connectivity index (χ1n) is 11.4. The summed E-state index contributed by atoms with van der Waals surface area (Å²) in [7, 11) is 0. The summed E-state index contributed by atoms with van der Waals surface area (Å²) in [6, 6.07) is 11.1. The van der Waals surface area contributed by atoms with Gasteiger partial charge in [-0.05, 0) is 48.2 Å². The number of likely N-dealkylation sites (tertiary alicyclic amines) is 1. The maximum absolute atomic E-state index is 13.1. The molecule has 2 N–H and O–H groups in total. The number of fused-ring (bicyclic) bond motifs is 1. The van der Waals surface area contributed by atoms with E-state index in [-0.39, 0.29) is 18.0 Å². The molecule has 0 amide bonds. The number of pyridine rings is 1. The van der Waals surface area contributed by atoms with Gasteiger partial charge in [0.05, 0.1) is 12.7 Å². The molecule has 0 unspecified atom stereocenters. The zero-order valence-corrected chi connectivity index (χ0v) is 20.2. The molecular weight excluding hydrogens is 545 g/mol. The number of halogens is 7. The molecule has 2 aliphatic heterocycles. The molecule has 0 aliphatic carbocycles. The fourth-order valence-corrected chi connectivity index (χ4v) is 3.84. The van der Waals surface area contributed by atoms with Gasteiger partial charge in [-0.2, -0.15) is 26.3 Å². The predicted molar refractivity (Wildman–Crippen MR) is 120 cm³/mol. The highest BCUT2D eigenvalue weighted by Crippen LogP contribution is 2.32. The van der Waals surface area contributed by atoms with E-state index in [1.54, 1.807) is 12.4 Å². The van der Waals surface area contributed by atoms with E-state index in [1.807, 2.05) is 24.3 Å². The van der Waals surface area contributed by atoms with Crippen molar-refractivity contribution in [1.82, 2.24) is 9.88 Å². The van der Waals surface area contributed by atoms with Crippen LogP contribution in [0.4, 0.5) is 30.7 Å². The van der Waals surface area contributed by atoms with Gasteiger partial charge in [0.1, 0.15) is 11.9 Å². The number of rotatable bonds is 5. The third-order valence-electron chi connectivity index (χ3n) is 5.58. The van der Waals surface area contributed by atoms with Crippen LogP contribution < -0.4 is 0 Å². The molecule has 4 rings (SSSR count). The van der Waals surface area contributed by atoms with Crippen LogP contribution in [0, 0.1) is 5.82 Å². The normalized spacial score (nSPS) is 21.1. The third kappa shape index (κ3) is 10.8. The van der Waals surface area contributed by atoms with Crippen molar-refractivity contribution in [1.29, 1.82) is 0 Å². The molecule has 216 valence electrons. The molecule has 2 aliphatic rings. The average Bonchev–Trinajstić information content (AvgIpc) is 3.22. The molecule has 3 atom stereocenters. The summed E-state index contributed by atoms with van der Waals surface area (Å²) in [4.78, 5) is 24.3. The van der Waals surface area contributed by atoms with Gasteiger partial charge in [-0.3, -0.25) is 9.88 Å².